The minimum absolute atomic E-state index is 0.0106. The first-order chi connectivity index (χ1) is 34.5. The molecule has 3 fully saturated rings. The zero-order valence-corrected chi connectivity index (χ0v) is 40.3. The summed E-state index contributed by atoms with van der Waals surface area (Å²) >= 11 is 0. The third kappa shape index (κ3) is 11.9. The van der Waals surface area contributed by atoms with E-state index < -0.39 is 11.7 Å². The predicted molar refractivity (Wildman–Crippen MR) is 266 cm³/mol. The zero-order chi connectivity index (χ0) is 49.4. The van der Waals surface area contributed by atoms with Gasteiger partial charge in [-0.25, -0.2) is 19.5 Å². The third-order valence-electron chi connectivity index (χ3n) is 13.8. The molecule has 6 heterocycles. The molecule has 0 atom stereocenters. The van der Waals surface area contributed by atoms with Crippen molar-refractivity contribution < 1.29 is 28.0 Å². The van der Waals surface area contributed by atoms with Crippen molar-refractivity contribution in [1.29, 1.82) is 0 Å². The lowest BCUT2D eigenvalue weighted by atomic mass is 9.95. The first-order valence-electron chi connectivity index (χ1n) is 24.5. The van der Waals surface area contributed by atoms with Gasteiger partial charge >= 0.3 is 0 Å². The van der Waals surface area contributed by atoms with Crippen LogP contribution in [-0.2, 0) is 29.0 Å². The number of hydrogen-bond donors (Lipinski definition) is 3. The molecule has 0 radical (unpaired) electrons. The van der Waals surface area contributed by atoms with Gasteiger partial charge in [0.05, 0.1) is 48.2 Å². The number of H-pyrrole nitrogens is 1. The normalized spacial score (nSPS) is 16.1. The molecule has 0 spiro atoms. The Hall–Kier alpha value is -7.15. The van der Waals surface area contributed by atoms with Crippen molar-refractivity contribution in [2.45, 2.75) is 46.1 Å². The summed E-state index contributed by atoms with van der Waals surface area (Å²) < 4.78 is 20.6. The van der Waals surface area contributed by atoms with Crippen LogP contribution in [-0.4, -0.2) is 153 Å². The monoisotopic (exact) mass is 965 g/mol. The van der Waals surface area contributed by atoms with E-state index in [0.29, 0.717) is 97.5 Å². The van der Waals surface area contributed by atoms with Crippen molar-refractivity contribution >= 4 is 40.1 Å². The number of aromatic amines is 1. The number of aromatic nitrogens is 4. The summed E-state index contributed by atoms with van der Waals surface area (Å²) in [5.41, 5.74) is 4.50. The van der Waals surface area contributed by atoms with Crippen molar-refractivity contribution in [2.24, 2.45) is 5.92 Å². The summed E-state index contributed by atoms with van der Waals surface area (Å²) in [5.74, 6) is 0.0386. The van der Waals surface area contributed by atoms with Gasteiger partial charge in [0.1, 0.15) is 11.6 Å². The number of halogens is 1. The fourth-order valence-electron chi connectivity index (χ4n) is 9.75. The summed E-state index contributed by atoms with van der Waals surface area (Å²) in [6, 6.07) is 21.6. The Morgan fingerprint density at radius 3 is 2.24 bits per heavy atom. The van der Waals surface area contributed by atoms with Gasteiger partial charge in [0.25, 0.3) is 17.4 Å². The minimum atomic E-state index is -0.613. The van der Waals surface area contributed by atoms with Gasteiger partial charge in [-0.1, -0.05) is 55.5 Å². The van der Waals surface area contributed by atoms with Crippen LogP contribution in [0, 0.1) is 18.7 Å². The van der Waals surface area contributed by atoms with Crippen molar-refractivity contribution in [3.05, 3.63) is 141 Å². The number of nitrogens with one attached hydrogen (secondary N) is 3. The average Bonchev–Trinajstić information content (AvgIpc) is 3.82. The summed E-state index contributed by atoms with van der Waals surface area (Å²) in [6.07, 6.45) is 6.20. The third-order valence-corrected chi connectivity index (χ3v) is 13.8. The lowest BCUT2D eigenvalue weighted by Crippen LogP contribution is -2.55. The lowest BCUT2D eigenvalue weighted by molar-refractivity contribution is -0.134. The van der Waals surface area contributed by atoms with Crippen LogP contribution < -0.4 is 16.2 Å². The smallest absolute Gasteiger partial charge is 0.274 e. The molecule has 3 saturated heterocycles. The van der Waals surface area contributed by atoms with Gasteiger partial charge in [-0.05, 0) is 73.1 Å². The number of rotatable bonds is 15. The maximum atomic E-state index is 15.1. The molecule has 3 aliphatic rings. The summed E-state index contributed by atoms with van der Waals surface area (Å²) in [6.45, 7) is 11.1. The molecule has 3 aromatic carbocycles. The van der Waals surface area contributed by atoms with Crippen molar-refractivity contribution in [3.8, 4) is 11.1 Å². The van der Waals surface area contributed by atoms with Gasteiger partial charge in [0, 0.05) is 95.6 Å². The minimum Gasteiger partial charge on any atom is -0.445 e. The molecule has 9 rings (SSSR count). The Balaban J connectivity index is 0.721. The van der Waals surface area contributed by atoms with Crippen LogP contribution >= 0.6 is 0 Å². The second kappa shape index (κ2) is 22.3. The Labute approximate surface area is 411 Å². The molecule has 3 aromatic heterocycles. The summed E-state index contributed by atoms with van der Waals surface area (Å²) in [5, 5.41) is 14.0. The molecule has 0 aliphatic carbocycles. The average molecular weight is 966 g/mol. The van der Waals surface area contributed by atoms with Crippen LogP contribution in [0.5, 0.6) is 0 Å². The highest BCUT2D eigenvalue weighted by Crippen LogP contribution is 2.28. The van der Waals surface area contributed by atoms with Crippen molar-refractivity contribution in [1.82, 2.24) is 50.0 Å². The Morgan fingerprint density at radius 2 is 1.49 bits per heavy atom. The Morgan fingerprint density at radius 1 is 0.761 bits per heavy atom. The molecule has 71 heavy (non-hydrogen) atoms. The van der Waals surface area contributed by atoms with Crippen LogP contribution in [0.1, 0.15) is 69.1 Å². The number of pyridine rings is 1. The molecule has 3 N–H and O–H groups in total. The number of hydrogen-bond acceptors (Lipinski definition) is 12. The molecule has 0 saturated carbocycles. The predicted octanol–water partition coefficient (Wildman–Crippen LogP) is 4.76. The van der Waals surface area contributed by atoms with E-state index >= 15 is 4.39 Å². The van der Waals surface area contributed by atoms with Crippen LogP contribution in [0.15, 0.2) is 94.4 Å². The maximum absolute atomic E-state index is 15.1. The quantitative estimate of drug-likeness (QED) is 0.128. The van der Waals surface area contributed by atoms with Crippen molar-refractivity contribution in [3.63, 3.8) is 0 Å². The highest BCUT2D eigenvalue weighted by atomic mass is 19.1. The van der Waals surface area contributed by atoms with Crippen molar-refractivity contribution in [2.75, 3.05) is 90.4 Å². The molecule has 3 aliphatic heterocycles. The van der Waals surface area contributed by atoms with Crippen LogP contribution in [0.3, 0.4) is 0 Å². The molecular formula is C53H60FN11O6. The first-order valence-corrected chi connectivity index (χ1v) is 24.5. The maximum Gasteiger partial charge on any atom is 0.274 e. The highest BCUT2D eigenvalue weighted by Gasteiger charge is 2.31. The van der Waals surface area contributed by atoms with E-state index in [2.05, 4.69) is 59.7 Å². The van der Waals surface area contributed by atoms with E-state index in [4.69, 9.17) is 4.42 Å². The number of likely N-dealkylation sites (tertiary alicyclic amines) is 1. The summed E-state index contributed by atoms with van der Waals surface area (Å²) in [7, 11) is 0. The number of piperidine rings is 1. The second-order valence-corrected chi connectivity index (χ2v) is 18.7. The number of piperazine rings is 2. The molecular weight excluding hydrogens is 906 g/mol. The molecule has 18 heteroatoms. The number of carbonyl (C=O) groups excluding carboxylic acids is 4. The highest BCUT2D eigenvalue weighted by molar-refractivity contribution is 6.03. The van der Waals surface area contributed by atoms with Crippen LogP contribution in [0.2, 0.25) is 0 Å². The molecule has 4 amide bonds. The number of anilines is 1. The Bertz CT molecular complexity index is 2950. The van der Waals surface area contributed by atoms with Gasteiger partial charge in [-0.2, -0.15) is 5.10 Å². The van der Waals surface area contributed by atoms with Gasteiger partial charge < -0.3 is 29.3 Å². The first kappa shape index (κ1) is 48.9. The number of aryl methyl sites for hydroxylation is 2. The van der Waals surface area contributed by atoms with Crippen LogP contribution in [0.25, 0.3) is 21.9 Å². The molecule has 6 aromatic rings. The lowest BCUT2D eigenvalue weighted by Gasteiger charge is -2.40. The molecule has 0 bridgehead atoms. The van der Waals surface area contributed by atoms with Gasteiger partial charge in [0.2, 0.25) is 17.7 Å². The van der Waals surface area contributed by atoms with E-state index in [9.17, 15) is 24.0 Å². The topological polar surface area (TPSA) is 193 Å². The second-order valence-electron chi connectivity index (χ2n) is 18.7. The number of benzene rings is 3. The number of fused-ring (bicyclic) bond motifs is 1. The fraction of sp³-hybridized carbons (Fsp3) is 0.396. The number of carbonyl (C=O) groups is 4. The Kier molecular flexibility index (Phi) is 15.3. The summed E-state index contributed by atoms with van der Waals surface area (Å²) in [4.78, 5) is 85.3. The number of amides is 4. The van der Waals surface area contributed by atoms with E-state index in [1.165, 1.54) is 11.6 Å². The van der Waals surface area contributed by atoms with E-state index in [1.807, 2.05) is 42.2 Å². The van der Waals surface area contributed by atoms with Crippen LogP contribution in [0.4, 0.5) is 10.1 Å². The molecule has 17 nitrogen and oxygen atoms in total. The standard InChI is InChI=1S/C53H60FN11O6/c1-3-36-7-6-8-39(25-36)40-28-46(58-47(66)31-55-32-48-56-29-35(2)71-48)50(57-30-40)53(70)64-15-13-37(14-16-64)33-61-17-19-62(20-18-61)34-49(67)63-21-23-65(24-22-63)52(69)43-26-38(11-12-44(43)54)27-45-41-9-4-5-10-42(41)51(68)60-59-45/h4-12,25-26,28-30,37,55H,3,13-24,27,31-34H2,1-2H3,(H,58,66)(H,60,68). The van der Waals surface area contributed by atoms with E-state index in [1.54, 1.807) is 46.5 Å². The number of nitrogens with zero attached hydrogens (tertiary/aromatic N) is 8. The molecule has 0 unspecified atom stereocenters. The largest absolute Gasteiger partial charge is 0.445 e. The van der Waals surface area contributed by atoms with Gasteiger partial charge in [-0.3, -0.25) is 34.2 Å². The molecule has 370 valence electrons. The van der Waals surface area contributed by atoms with E-state index in [0.717, 1.165) is 63.1 Å². The number of oxazole rings is 1. The zero-order valence-electron chi connectivity index (χ0n) is 40.3. The van der Waals surface area contributed by atoms with E-state index in [-0.39, 0.29) is 47.6 Å². The van der Waals surface area contributed by atoms with Gasteiger partial charge in [0.15, 0.2) is 5.69 Å². The van der Waals surface area contributed by atoms with Gasteiger partial charge in [-0.15, -0.1) is 0 Å². The SMILES string of the molecule is CCc1cccc(-c2cnc(C(=O)N3CCC(CN4CCN(CC(=O)N5CCN(C(=O)c6cc(Cc7n[nH]c(=O)c8ccccc78)ccc6F)CC5)CC4)CC3)c(NC(=O)CNCc3ncc(C)o3)c2)c1. The fourth-order valence-corrected chi connectivity index (χ4v) is 9.75.